The number of piperidine rings is 1. The summed E-state index contributed by atoms with van der Waals surface area (Å²) in [6.07, 6.45) is 3.55. The minimum Gasteiger partial charge on any atom is -0.378 e. The van der Waals surface area contributed by atoms with Gasteiger partial charge < -0.3 is 20.3 Å². The zero-order chi connectivity index (χ0) is 15.4. The van der Waals surface area contributed by atoms with Crippen molar-refractivity contribution in [2.45, 2.75) is 25.8 Å². The minimum atomic E-state index is 0.0778. The summed E-state index contributed by atoms with van der Waals surface area (Å²) in [5.74, 6) is 1.03. The summed E-state index contributed by atoms with van der Waals surface area (Å²) in [5.41, 5.74) is 0.806. The van der Waals surface area contributed by atoms with Crippen molar-refractivity contribution in [2.75, 3.05) is 43.1 Å². The average molecular weight is 304 g/mol. The summed E-state index contributed by atoms with van der Waals surface area (Å²) in [5, 5.41) is 6.47. The van der Waals surface area contributed by atoms with Gasteiger partial charge in [0, 0.05) is 31.2 Å². The highest BCUT2D eigenvalue weighted by Gasteiger charge is 2.26. The predicted octanol–water partition coefficient (Wildman–Crippen LogP) is 1.24. The number of nitrogens with zero attached hydrogens (tertiary/aromatic N) is 2. The molecular formula is C16H24N4O2. The lowest BCUT2D eigenvalue weighted by Gasteiger charge is -2.30. The maximum Gasteiger partial charge on any atom is 0.227 e. The molecule has 2 atom stereocenters. The smallest absolute Gasteiger partial charge is 0.227 e. The third-order valence-corrected chi connectivity index (χ3v) is 4.35. The largest absolute Gasteiger partial charge is 0.378 e. The molecule has 0 bridgehead atoms. The molecule has 0 unspecified atom stereocenters. The van der Waals surface area contributed by atoms with Crippen molar-refractivity contribution in [3.8, 4) is 0 Å². The molecule has 0 aliphatic carbocycles. The first-order valence-corrected chi connectivity index (χ1v) is 8.06. The van der Waals surface area contributed by atoms with Crippen LogP contribution in [0.5, 0.6) is 0 Å². The molecule has 2 N–H and O–H groups in total. The molecule has 1 aromatic rings. The average Bonchev–Trinajstić information content (AvgIpc) is 2.56. The molecule has 0 saturated carbocycles. The fourth-order valence-corrected chi connectivity index (χ4v) is 3.13. The van der Waals surface area contributed by atoms with Gasteiger partial charge >= 0.3 is 0 Å². The Kier molecular flexibility index (Phi) is 4.90. The summed E-state index contributed by atoms with van der Waals surface area (Å²) < 4.78 is 5.39. The number of ether oxygens (including phenoxy) is 1. The van der Waals surface area contributed by atoms with Gasteiger partial charge in [0.1, 0.15) is 0 Å². The normalized spacial score (nSPS) is 25.8. The zero-order valence-corrected chi connectivity index (χ0v) is 13.0. The quantitative estimate of drug-likeness (QED) is 0.879. The van der Waals surface area contributed by atoms with Crippen molar-refractivity contribution >= 4 is 17.4 Å². The van der Waals surface area contributed by atoms with Crippen molar-refractivity contribution in [3.05, 3.63) is 18.3 Å². The molecule has 3 rings (SSSR count). The number of pyridine rings is 1. The highest BCUT2D eigenvalue weighted by Crippen LogP contribution is 2.25. The van der Waals surface area contributed by atoms with Crippen molar-refractivity contribution in [1.82, 2.24) is 10.3 Å². The minimum absolute atomic E-state index is 0.0778. The lowest BCUT2D eigenvalue weighted by molar-refractivity contribution is -0.120. The number of carbonyl (C=O) groups is 1. The second-order valence-electron chi connectivity index (χ2n) is 6.04. The van der Waals surface area contributed by atoms with E-state index in [1.807, 2.05) is 12.1 Å². The number of hydrogen-bond donors (Lipinski definition) is 2. The van der Waals surface area contributed by atoms with E-state index in [0.717, 1.165) is 44.0 Å². The topological polar surface area (TPSA) is 66.5 Å². The van der Waals surface area contributed by atoms with E-state index in [4.69, 9.17) is 4.74 Å². The van der Waals surface area contributed by atoms with E-state index >= 15 is 0 Å². The van der Waals surface area contributed by atoms with Crippen molar-refractivity contribution in [3.63, 3.8) is 0 Å². The number of nitrogens with one attached hydrogen (secondary N) is 2. The molecule has 0 spiro atoms. The summed E-state index contributed by atoms with van der Waals surface area (Å²) >= 11 is 0. The summed E-state index contributed by atoms with van der Waals surface area (Å²) in [6, 6.07) is 4.20. The Labute approximate surface area is 131 Å². The summed E-state index contributed by atoms with van der Waals surface area (Å²) in [7, 11) is 0. The first-order chi connectivity index (χ1) is 10.7. The molecule has 0 radical (unpaired) electrons. The van der Waals surface area contributed by atoms with Gasteiger partial charge in [0.15, 0.2) is 5.82 Å². The summed E-state index contributed by atoms with van der Waals surface area (Å²) in [6.45, 7) is 6.06. The van der Waals surface area contributed by atoms with Crippen LogP contribution in [-0.4, -0.2) is 49.8 Å². The van der Waals surface area contributed by atoms with Crippen LogP contribution in [0.3, 0.4) is 0 Å². The number of amides is 1. The molecule has 3 heterocycles. The lowest BCUT2D eigenvalue weighted by atomic mass is 9.92. The number of aromatic nitrogens is 1. The lowest BCUT2D eigenvalue weighted by Crippen LogP contribution is -2.41. The molecule has 22 heavy (non-hydrogen) atoms. The first kappa shape index (κ1) is 15.2. The van der Waals surface area contributed by atoms with Crippen LogP contribution in [0.4, 0.5) is 11.5 Å². The van der Waals surface area contributed by atoms with Gasteiger partial charge in [-0.3, -0.25) is 4.79 Å². The van der Waals surface area contributed by atoms with E-state index in [1.54, 1.807) is 6.20 Å². The van der Waals surface area contributed by atoms with E-state index in [2.05, 4.69) is 27.4 Å². The number of anilines is 2. The summed E-state index contributed by atoms with van der Waals surface area (Å²) in [4.78, 5) is 19.2. The van der Waals surface area contributed by atoms with Gasteiger partial charge in [0.05, 0.1) is 18.9 Å². The monoisotopic (exact) mass is 304 g/mol. The van der Waals surface area contributed by atoms with Crippen molar-refractivity contribution in [1.29, 1.82) is 0 Å². The first-order valence-electron chi connectivity index (χ1n) is 8.06. The third-order valence-electron chi connectivity index (χ3n) is 4.35. The number of hydrogen-bond acceptors (Lipinski definition) is 5. The molecule has 6 nitrogen and oxygen atoms in total. The van der Waals surface area contributed by atoms with Gasteiger partial charge in [0.25, 0.3) is 0 Å². The van der Waals surface area contributed by atoms with Gasteiger partial charge in [-0.25, -0.2) is 4.98 Å². The maximum atomic E-state index is 12.5. The third kappa shape index (κ3) is 3.56. The predicted molar refractivity (Wildman–Crippen MR) is 86.1 cm³/mol. The van der Waals surface area contributed by atoms with Crippen LogP contribution in [0.2, 0.25) is 0 Å². The van der Waals surface area contributed by atoms with Crippen LogP contribution in [0.15, 0.2) is 18.3 Å². The van der Waals surface area contributed by atoms with Gasteiger partial charge in [-0.2, -0.15) is 0 Å². The standard InChI is InChI=1S/C16H24N4O2/c1-12-11-13(4-6-17-12)16(21)19-14-3-2-5-18-15(14)20-7-9-22-10-8-20/h2-3,5,12-13,17H,4,6-11H2,1H3,(H,19,21)/t12-,13-/m0/s1. The number of carbonyl (C=O) groups excluding carboxylic acids is 1. The van der Waals surface area contributed by atoms with Crippen LogP contribution in [0, 0.1) is 5.92 Å². The number of rotatable bonds is 3. The Morgan fingerprint density at radius 3 is 3.05 bits per heavy atom. The van der Waals surface area contributed by atoms with Gasteiger partial charge in [-0.1, -0.05) is 0 Å². The van der Waals surface area contributed by atoms with Crippen LogP contribution >= 0.6 is 0 Å². The van der Waals surface area contributed by atoms with Crippen LogP contribution < -0.4 is 15.5 Å². The van der Waals surface area contributed by atoms with E-state index in [9.17, 15) is 4.79 Å². The van der Waals surface area contributed by atoms with E-state index in [1.165, 1.54) is 0 Å². The Morgan fingerprint density at radius 1 is 1.45 bits per heavy atom. The van der Waals surface area contributed by atoms with E-state index in [0.29, 0.717) is 19.3 Å². The fraction of sp³-hybridized carbons (Fsp3) is 0.625. The SMILES string of the molecule is C[C@H]1C[C@@H](C(=O)Nc2cccnc2N2CCOCC2)CCN1. The molecule has 6 heteroatoms. The Morgan fingerprint density at radius 2 is 2.27 bits per heavy atom. The molecule has 1 aromatic heterocycles. The second kappa shape index (κ2) is 7.07. The Balaban J connectivity index is 1.70. The molecule has 120 valence electrons. The molecule has 2 saturated heterocycles. The molecule has 0 aromatic carbocycles. The van der Waals surface area contributed by atoms with Gasteiger partial charge in [0.2, 0.25) is 5.91 Å². The fourth-order valence-electron chi connectivity index (χ4n) is 3.13. The van der Waals surface area contributed by atoms with Crippen LogP contribution in [0.25, 0.3) is 0 Å². The van der Waals surface area contributed by atoms with E-state index in [-0.39, 0.29) is 11.8 Å². The van der Waals surface area contributed by atoms with E-state index < -0.39 is 0 Å². The van der Waals surface area contributed by atoms with Crippen LogP contribution in [-0.2, 0) is 9.53 Å². The highest BCUT2D eigenvalue weighted by atomic mass is 16.5. The number of morpholine rings is 1. The Bertz CT molecular complexity index is 517. The van der Waals surface area contributed by atoms with Gasteiger partial charge in [-0.05, 0) is 38.4 Å². The molecular weight excluding hydrogens is 280 g/mol. The Hall–Kier alpha value is -1.66. The second-order valence-corrected chi connectivity index (χ2v) is 6.04. The molecule has 2 aliphatic rings. The van der Waals surface area contributed by atoms with Gasteiger partial charge in [-0.15, -0.1) is 0 Å². The molecule has 2 aliphatic heterocycles. The van der Waals surface area contributed by atoms with Crippen molar-refractivity contribution < 1.29 is 9.53 Å². The zero-order valence-electron chi connectivity index (χ0n) is 13.0. The molecule has 2 fully saturated rings. The highest BCUT2D eigenvalue weighted by molar-refractivity contribution is 5.95. The maximum absolute atomic E-state index is 12.5. The van der Waals surface area contributed by atoms with Crippen LogP contribution in [0.1, 0.15) is 19.8 Å². The van der Waals surface area contributed by atoms with Crippen molar-refractivity contribution in [2.24, 2.45) is 5.92 Å². The molecule has 1 amide bonds.